The summed E-state index contributed by atoms with van der Waals surface area (Å²) >= 11 is 7.57. The third-order valence-electron chi connectivity index (χ3n) is 5.49. The van der Waals surface area contributed by atoms with E-state index in [0.29, 0.717) is 26.8 Å². The summed E-state index contributed by atoms with van der Waals surface area (Å²) in [6, 6.07) is 13.9. The van der Waals surface area contributed by atoms with Crippen LogP contribution in [0.3, 0.4) is 0 Å². The summed E-state index contributed by atoms with van der Waals surface area (Å²) in [6.07, 6.45) is 0. The van der Waals surface area contributed by atoms with E-state index in [1.54, 1.807) is 30.3 Å². The fourth-order valence-electron chi connectivity index (χ4n) is 3.74. The van der Waals surface area contributed by atoms with Crippen LogP contribution < -0.4 is 10.6 Å². The Hall–Kier alpha value is -3.24. The van der Waals surface area contributed by atoms with Crippen molar-refractivity contribution in [1.82, 2.24) is 14.9 Å². The Morgan fingerprint density at radius 2 is 1.94 bits per heavy atom. The number of imidazole rings is 1. The van der Waals surface area contributed by atoms with Crippen molar-refractivity contribution in [3.05, 3.63) is 75.2 Å². The van der Waals surface area contributed by atoms with Gasteiger partial charge in [-0.25, -0.2) is 4.98 Å². The predicted octanol–water partition coefficient (Wildman–Crippen LogP) is 4.61. The maximum absolute atomic E-state index is 12.9. The first-order chi connectivity index (χ1) is 16.5. The summed E-state index contributed by atoms with van der Waals surface area (Å²) in [4.78, 5) is 36.1. The highest BCUT2D eigenvalue weighted by Gasteiger charge is 2.15. The Morgan fingerprint density at radius 3 is 2.74 bits per heavy atom. The number of morpholine rings is 1. The van der Waals surface area contributed by atoms with Crippen LogP contribution in [0.2, 0.25) is 5.02 Å². The predicted molar refractivity (Wildman–Crippen MR) is 134 cm³/mol. The molecule has 2 aromatic heterocycles. The van der Waals surface area contributed by atoms with Gasteiger partial charge in [-0.1, -0.05) is 17.7 Å². The number of nitrogens with one attached hydrogen (secondary N) is 3. The lowest BCUT2D eigenvalue weighted by Gasteiger charge is -2.25. The van der Waals surface area contributed by atoms with E-state index in [-0.39, 0.29) is 11.8 Å². The third kappa shape index (κ3) is 5.13. The topological polar surface area (TPSA) is 99.3 Å². The van der Waals surface area contributed by atoms with Gasteiger partial charge in [0.05, 0.1) is 46.4 Å². The number of hydrogen-bond donors (Lipinski definition) is 3. The van der Waals surface area contributed by atoms with Crippen molar-refractivity contribution in [3.8, 4) is 0 Å². The zero-order valence-electron chi connectivity index (χ0n) is 18.1. The number of aromatic amines is 1. The minimum Gasteiger partial charge on any atom is -0.379 e. The van der Waals surface area contributed by atoms with Crippen molar-refractivity contribution in [1.29, 1.82) is 0 Å². The molecule has 1 aliphatic heterocycles. The maximum atomic E-state index is 12.9. The SMILES string of the molecule is O=C(Nc1ccc2nc(CN3CCOCC3)[nH]c2c1)c1ccc(Cl)c(NC(=O)c2cccs2)c1. The highest BCUT2D eigenvalue weighted by Crippen LogP contribution is 2.25. The van der Waals surface area contributed by atoms with E-state index in [1.807, 2.05) is 23.6 Å². The van der Waals surface area contributed by atoms with Gasteiger partial charge in [0.25, 0.3) is 11.8 Å². The Labute approximate surface area is 204 Å². The fourth-order valence-corrected chi connectivity index (χ4v) is 4.53. The van der Waals surface area contributed by atoms with Gasteiger partial charge in [0.2, 0.25) is 0 Å². The van der Waals surface area contributed by atoms with Crippen LogP contribution in [0, 0.1) is 0 Å². The Balaban J connectivity index is 1.28. The number of benzene rings is 2. The average Bonchev–Trinajstić information content (AvgIpc) is 3.51. The number of halogens is 1. The number of H-pyrrole nitrogens is 1. The molecule has 2 aromatic carbocycles. The van der Waals surface area contributed by atoms with Crippen molar-refractivity contribution < 1.29 is 14.3 Å². The van der Waals surface area contributed by atoms with Crippen LogP contribution in [0.15, 0.2) is 53.9 Å². The van der Waals surface area contributed by atoms with Crippen LogP contribution in [0.4, 0.5) is 11.4 Å². The van der Waals surface area contributed by atoms with Crippen molar-refractivity contribution in [2.45, 2.75) is 6.54 Å². The zero-order chi connectivity index (χ0) is 23.5. The number of carbonyl (C=O) groups excluding carboxylic acids is 2. The van der Waals surface area contributed by atoms with Crippen LogP contribution in [0.5, 0.6) is 0 Å². The number of carbonyl (C=O) groups is 2. The standard InChI is InChI=1S/C24H22ClN5O3S/c25-17-5-3-15(12-19(17)29-24(32)21-2-1-11-34-21)23(31)26-16-4-6-18-20(13-16)28-22(27-18)14-30-7-9-33-10-8-30/h1-6,11-13H,7-10,14H2,(H,26,31)(H,27,28)(H,29,32). The van der Waals surface area contributed by atoms with Gasteiger partial charge in [-0.3, -0.25) is 14.5 Å². The highest BCUT2D eigenvalue weighted by molar-refractivity contribution is 7.12. The molecule has 0 unspecified atom stereocenters. The molecule has 0 bridgehead atoms. The van der Waals surface area contributed by atoms with Crippen molar-refractivity contribution in [3.63, 3.8) is 0 Å². The molecule has 1 aliphatic rings. The highest BCUT2D eigenvalue weighted by atomic mass is 35.5. The molecule has 0 saturated carbocycles. The number of amides is 2. The maximum Gasteiger partial charge on any atom is 0.265 e. The van der Waals surface area contributed by atoms with E-state index in [2.05, 4.69) is 25.5 Å². The molecule has 0 radical (unpaired) electrons. The number of hydrogen-bond acceptors (Lipinski definition) is 6. The van der Waals surface area contributed by atoms with Gasteiger partial charge in [0.15, 0.2) is 0 Å². The molecule has 5 rings (SSSR count). The molecule has 3 N–H and O–H groups in total. The molecule has 0 aliphatic carbocycles. The van der Waals surface area contributed by atoms with Crippen molar-refractivity contribution in [2.24, 2.45) is 0 Å². The number of ether oxygens (including phenoxy) is 1. The Bertz CT molecular complexity index is 1330. The second-order valence-electron chi connectivity index (χ2n) is 7.88. The number of nitrogens with zero attached hydrogens (tertiary/aromatic N) is 2. The lowest BCUT2D eigenvalue weighted by molar-refractivity contribution is 0.0332. The van der Waals surface area contributed by atoms with Gasteiger partial charge in [-0.2, -0.15) is 0 Å². The molecule has 34 heavy (non-hydrogen) atoms. The largest absolute Gasteiger partial charge is 0.379 e. The van der Waals surface area contributed by atoms with Crippen LogP contribution >= 0.6 is 22.9 Å². The summed E-state index contributed by atoms with van der Waals surface area (Å²) in [6.45, 7) is 3.97. The van der Waals surface area contributed by atoms with Crippen molar-refractivity contribution >= 4 is 57.2 Å². The van der Waals surface area contributed by atoms with Gasteiger partial charge >= 0.3 is 0 Å². The second kappa shape index (κ2) is 9.94. The molecular formula is C24H22ClN5O3S. The van der Waals surface area contributed by atoms with E-state index in [9.17, 15) is 9.59 Å². The van der Waals surface area contributed by atoms with E-state index < -0.39 is 0 Å². The van der Waals surface area contributed by atoms with Gasteiger partial charge in [-0.05, 0) is 47.8 Å². The van der Waals surface area contributed by atoms with E-state index >= 15 is 0 Å². The smallest absolute Gasteiger partial charge is 0.265 e. The molecule has 0 atom stereocenters. The average molecular weight is 496 g/mol. The van der Waals surface area contributed by atoms with Gasteiger partial charge < -0.3 is 20.4 Å². The molecule has 1 fully saturated rings. The summed E-state index contributed by atoms with van der Waals surface area (Å²) < 4.78 is 5.40. The summed E-state index contributed by atoms with van der Waals surface area (Å²) in [7, 11) is 0. The molecular weight excluding hydrogens is 474 g/mol. The molecule has 174 valence electrons. The van der Waals surface area contributed by atoms with Crippen LogP contribution in [0.25, 0.3) is 11.0 Å². The van der Waals surface area contributed by atoms with Crippen molar-refractivity contribution in [2.75, 3.05) is 36.9 Å². The molecule has 10 heteroatoms. The number of aromatic nitrogens is 2. The molecule has 8 nitrogen and oxygen atoms in total. The quantitative estimate of drug-likeness (QED) is 0.362. The minimum absolute atomic E-state index is 0.271. The summed E-state index contributed by atoms with van der Waals surface area (Å²) in [5.41, 5.74) is 3.08. The van der Waals surface area contributed by atoms with E-state index in [0.717, 1.165) is 49.7 Å². The van der Waals surface area contributed by atoms with E-state index in [4.69, 9.17) is 16.3 Å². The molecule has 1 saturated heterocycles. The lowest BCUT2D eigenvalue weighted by Crippen LogP contribution is -2.35. The van der Waals surface area contributed by atoms with Gasteiger partial charge in [-0.15, -0.1) is 11.3 Å². The third-order valence-corrected chi connectivity index (χ3v) is 6.69. The first-order valence-electron chi connectivity index (χ1n) is 10.8. The number of fused-ring (bicyclic) bond motifs is 1. The zero-order valence-corrected chi connectivity index (χ0v) is 19.7. The van der Waals surface area contributed by atoms with Crippen LogP contribution in [-0.4, -0.2) is 53.0 Å². The summed E-state index contributed by atoms with van der Waals surface area (Å²) in [5.74, 6) is 0.298. The fraction of sp³-hybridized carbons (Fsp3) is 0.208. The molecule has 2 amide bonds. The molecule has 3 heterocycles. The normalized spacial score (nSPS) is 14.3. The van der Waals surface area contributed by atoms with E-state index in [1.165, 1.54) is 11.3 Å². The number of rotatable bonds is 6. The second-order valence-corrected chi connectivity index (χ2v) is 9.24. The monoisotopic (exact) mass is 495 g/mol. The van der Waals surface area contributed by atoms with Gasteiger partial charge in [0.1, 0.15) is 5.82 Å². The molecule has 4 aromatic rings. The number of anilines is 2. The van der Waals surface area contributed by atoms with Gasteiger partial charge in [0, 0.05) is 24.3 Å². The van der Waals surface area contributed by atoms with Crippen LogP contribution in [0.1, 0.15) is 25.9 Å². The number of thiophene rings is 1. The Morgan fingerprint density at radius 1 is 1.09 bits per heavy atom. The summed E-state index contributed by atoms with van der Waals surface area (Å²) in [5, 5.41) is 7.84. The minimum atomic E-state index is -0.310. The molecule has 0 spiro atoms. The van der Waals surface area contributed by atoms with Crippen LogP contribution in [-0.2, 0) is 11.3 Å². The lowest BCUT2D eigenvalue weighted by atomic mass is 10.1. The first-order valence-corrected chi connectivity index (χ1v) is 12.1. The Kier molecular flexibility index (Phi) is 6.59. The first kappa shape index (κ1) is 22.5.